The first kappa shape index (κ1) is 31.4. The second-order valence-corrected chi connectivity index (χ2v) is 11.7. The Morgan fingerprint density at radius 3 is 2.60 bits per heavy atom. The summed E-state index contributed by atoms with van der Waals surface area (Å²) in [5.41, 5.74) is 9.57. The van der Waals surface area contributed by atoms with Crippen LogP contribution in [0.25, 0.3) is 17.0 Å². The quantitative estimate of drug-likeness (QED) is 0.244. The van der Waals surface area contributed by atoms with Crippen molar-refractivity contribution in [3.8, 4) is 5.75 Å². The molecule has 2 heterocycles. The topological polar surface area (TPSA) is 91.8 Å². The van der Waals surface area contributed by atoms with Crippen LogP contribution in [0.3, 0.4) is 0 Å². The summed E-state index contributed by atoms with van der Waals surface area (Å²) in [4.78, 5) is 45.7. The van der Waals surface area contributed by atoms with Crippen molar-refractivity contribution in [3.63, 3.8) is 0 Å². The largest absolute Gasteiger partial charge is 0.487 e. The van der Waals surface area contributed by atoms with E-state index in [9.17, 15) is 14.4 Å². The van der Waals surface area contributed by atoms with Crippen molar-refractivity contribution in [2.45, 2.75) is 54.1 Å². The summed E-state index contributed by atoms with van der Waals surface area (Å²) in [7, 11) is 1.71. The lowest BCUT2D eigenvalue weighted by Gasteiger charge is -2.28. The Kier molecular flexibility index (Phi) is 9.32. The van der Waals surface area contributed by atoms with Crippen molar-refractivity contribution in [3.05, 3.63) is 99.7 Å². The van der Waals surface area contributed by atoms with Crippen LogP contribution < -0.4 is 19.9 Å². The number of carbonyl (C=O) groups is 3. The molecule has 1 N–H and O–H groups in total. The smallest absolute Gasteiger partial charge is 0.246 e. The maximum absolute atomic E-state index is 13.1. The average molecular weight is 605 g/mol. The maximum Gasteiger partial charge on any atom is 0.246 e. The molecular weight excluding hydrogens is 564 g/mol. The Morgan fingerprint density at radius 2 is 1.82 bits per heavy atom. The molecule has 1 aromatic heterocycles. The molecular formula is C37H40N4O4. The minimum Gasteiger partial charge on any atom is -0.487 e. The number of benzene rings is 3. The van der Waals surface area contributed by atoms with Gasteiger partial charge in [-0.25, -0.2) is 4.98 Å². The highest BCUT2D eigenvalue weighted by atomic mass is 16.5. The second kappa shape index (κ2) is 13.3. The summed E-state index contributed by atoms with van der Waals surface area (Å²) in [6.45, 7) is 10.6. The van der Waals surface area contributed by atoms with E-state index in [4.69, 9.17) is 9.72 Å². The van der Waals surface area contributed by atoms with E-state index in [1.165, 1.54) is 6.08 Å². The molecule has 1 aliphatic rings. The minimum absolute atomic E-state index is 0.0298. The standard InChI is InChI=1S/C37H40N4O4/c1-23-12-15-32(26(4)31(23)22-45-34-11-7-10-30-24(2)19-25(3)39-37(30)34)40(6)36(44)21-38-35(43)17-14-28-13-16-33-29(20-28)9-8-18-41(33)27(5)42/h7,10-17,19-20H,8-9,18,21-22H2,1-6H3,(H,38,43)/b17-14+. The van der Waals surface area contributed by atoms with Crippen molar-refractivity contribution in [2.24, 2.45) is 0 Å². The van der Waals surface area contributed by atoms with E-state index in [0.29, 0.717) is 6.61 Å². The summed E-state index contributed by atoms with van der Waals surface area (Å²) in [6.07, 6.45) is 4.95. The average Bonchev–Trinajstić information content (AvgIpc) is 3.01. The normalized spacial score (nSPS) is 12.7. The van der Waals surface area contributed by atoms with Gasteiger partial charge in [0.15, 0.2) is 0 Å². The number of pyridine rings is 1. The number of amides is 3. The molecule has 3 amide bonds. The number of likely N-dealkylation sites (N-methyl/N-ethyl adjacent to an activating group) is 1. The van der Waals surface area contributed by atoms with Crippen LogP contribution in [-0.2, 0) is 27.4 Å². The van der Waals surface area contributed by atoms with Gasteiger partial charge < -0.3 is 19.9 Å². The van der Waals surface area contributed by atoms with Gasteiger partial charge in [0.1, 0.15) is 17.9 Å². The van der Waals surface area contributed by atoms with E-state index in [2.05, 4.69) is 18.3 Å². The molecule has 0 aliphatic carbocycles. The molecule has 0 fully saturated rings. The fourth-order valence-corrected chi connectivity index (χ4v) is 5.98. The molecule has 45 heavy (non-hydrogen) atoms. The van der Waals surface area contributed by atoms with E-state index < -0.39 is 0 Å². The number of aryl methyl sites for hydroxylation is 4. The first-order valence-corrected chi connectivity index (χ1v) is 15.3. The summed E-state index contributed by atoms with van der Waals surface area (Å²) in [5.74, 6) is 0.154. The number of nitrogens with one attached hydrogen (secondary N) is 1. The highest BCUT2D eigenvalue weighted by molar-refractivity contribution is 5.99. The number of hydrogen-bond acceptors (Lipinski definition) is 5. The number of nitrogens with zero attached hydrogens (tertiary/aromatic N) is 3. The molecule has 232 valence electrons. The van der Waals surface area contributed by atoms with Crippen LogP contribution in [0.2, 0.25) is 0 Å². The Hall–Kier alpha value is -4.98. The van der Waals surface area contributed by atoms with Gasteiger partial charge in [-0.1, -0.05) is 24.3 Å². The summed E-state index contributed by atoms with van der Waals surface area (Å²) >= 11 is 0. The number of para-hydroxylation sites is 1. The van der Waals surface area contributed by atoms with Crippen LogP contribution in [0, 0.1) is 27.7 Å². The molecule has 0 atom stereocenters. The number of hydrogen-bond donors (Lipinski definition) is 1. The number of ether oxygens (including phenoxy) is 1. The fourth-order valence-electron chi connectivity index (χ4n) is 5.98. The minimum atomic E-state index is -0.358. The molecule has 1 aliphatic heterocycles. The molecule has 0 spiro atoms. The van der Waals surface area contributed by atoms with Gasteiger partial charge in [-0.05, 0) is 110 Å². The van der Waals surface area contributed by atoms with Crippen LogP contribution in [-0.4, -0.2) is 42.8 Å². The van der Waals surface area contributed by atoms with Crippen LogP contribution in [0.5, 0.6) is 5.75 Å². The number of carbonyl (C=O) groups excluding carboxylic acids is 3. The Morgan fingerprint density at radius 1 is 1.02 bits per heavy atom. The molecule has 8 heteroatoms. The van der Waals surface area contributed by atoms with Crippen molar-refractivity contribution < 1.29 is 19.1 Å². The van der Waals surface area contributed by atoms with Gasteiger partial charge in [0, 0.05) is 49.0 Å². The highest BCUT2D eigenvalue weighted by Gasteiger charge is 2.20. The molecule has 0 radical (unpaired) electrons. The lowest BCUT2D eigenvalue weighted by atomic mass is 9.99. The zero-order valence-corrected chi connectivity index (χ0v) is 26.9. The first-order chi connectivity index (χ1) is 21.5. The Labute approximate surface area is 264 Å². The Balaban J connectivity index is 1.22. The number of rotatable bonds is 8. The van der Waals surface area contributed by atoms with Crippen molar-refractivity contribution in [1.29, 1.82) is 0 Å². The van der Waals surface area contributed by atoms with E-state index >= 15 is 0 Å². The molecule has 4 aromatic rings. The van der Waals surface area contributed by atoms with Gasteiger partial charge in [0.25, 0.3) is 0 Å². The van der Waals surface area contributed by atoms with Crippen LogP contribution >= 0.6 is 0 Å². The van der Waals surface area contributed by atoms with Gasteiger partial charge in [-0.2, -0.15) is 0 Å². The number of fused-ring (bicyclic) bond motifs is 2. The fraction of sp³-hybridized carbons (Fsp3) is 0.297. The highest BCUT2D eigenvalue weighted by Crippen LogP contribution is 2.31. The summed E-state index contributed by atoms with van der Waals surface area (Å²) in [5, 5.41) is 3.77. The van der Waals surface area contributed by atoms with Gasteiger partial charge in [-0.3, -0.25) is 14.4 Å². The van der Waals surface area contributed by atoms with E-state index in [-0.39, 0.29) is 24.3 Å². The SMILES string of the molecule is CC(=O)N1CCCc2cc(/C=C/C(=O)NCC(=O)N(C)c3ccc(C)c(COc4cccc5c(C)cc(C)nc45)c3C)ccc21. The first-order valence-electron chi connectivity index (χ1n) is 15.3. The lowest BCUT2D eigenvalue weighted by Crippen LogP contribution is -2.38. The van der Waals surface area contributed by atoms with Crippen molar-refractivity contribution in [1.82, 2.24) is 10.3 Å². The summed E-state index contributed by atoms with van der Waals surface area (Å²) < 4.78 is 6.31. The van der Waals surface area contributed by atoms with Gasteiger partial charge in [0.2, 0.25) is 17.7 Å². The number of aromatic nitrogens is 1. The molecule has 5 rings (SSSR count). The van der Waals surface area contributed by atoms with Crippen LogP contribution in [0.1, 0.15) is 52.4 Å². The second-order valence-electron chi connectivity index (χ2n) is 11.7. The molecule has 0 bridgehead atoms. The monoisotopic (exact) mass is 604 g/mol. The van der Waals surface area contributed by atoms with E-state index in [1.54, 1.807) is 29.8 Å². The zero-order chi connectivity index (χ0) is 32.2. The van der Waals surface area contributed by atoms with Gasteiger partial charge in [-0.15, -0.1) is 0 Å². The van der Waals surface area contributed by atoms with Gasteiger partial charge in [0.05, 0.1) is 6.54 Å². The zero-order valence-electron chi connectivity index (χ0n) is 26.9. The van der Waals surface area contributed by atoms with Crippen LogP contribution in [0.4, 0.5) is 11.4 Å². The molecule has 8 nitrogen and oxygen atoms in total. The van der Waals surface area contributed by atoms with E-state index in [0.717, 1.165) is 86.5 Å². The third-order valence-electron chi connectivity index (χ3n) is 8.49. The number of anilines is 2. The molecule has 0 saturated heterocycles. The van der Waals surface area contributed by atoms with Crippen molar-refractivity contribution >= 4 is 46.1 Å². The van der Waals surface area contributed by atoms with Gasteiger partial charge >= 0.3 is 0 Å². The molecule has 0 unspecified atom stereocenters. The maximum atomic E-state index is 13.1. The third kappa shape index (κ3) is 6.90. The predicted octanol–water partition coefficient (Wildman–Crippen LogP) is 6.14. The van der Waals surface area contributed by atoms with E-state index in [1.807, 2.05) is 69.3 Å². The lowest BCUT2D eigenvalue weighted by molar-refractivity contribution is -0.122. The van der Waals surface area contributed by atoms with Crippen LogP contribution in [0.15, 0.2) is 60.7 Å². The molecule has 3 aromatic carbocycles. The Bertz CT molecular complexity index is 1830. The van der Waals surface area contributed by atoms with Crippen molar-refractivity contribution in [2.75, 3.05) is 29.9 Å². The third-order valence-corrected chi connectivity index (χ3v) is 8.49. The molecule has 0 saturated carbocycles. The predicted molar refractivity (Wildman–Crippen MR) is 180 cm³/mol. The summed E-state index contributed by atoms with van der Waals surface area (Å²) in [6, 6.07) is 17.8.